The van der Waals surface area contributed by atoms with Gasteiger partial charge in [0.15, 0.2) is 5.16 Å². The van der Waals surface area contributed by atoms with Gasteiger partial charge >= 0.3 is 12.1 Å². The van der Waals surface area contributed by atoms with Gasteiger partial charge < -0.3 is 9.67 Å². The Morgan fingerprint density at radius 1 is 1.56 bits per heavy atom. The van der Waals surface area contributed by atoms with E-state index in [1.54, 1.807) is 13.8 Å². The molecule has 0 bridgehead atoms. The van der Waals surface area contributed by atoms with Gasteiger partial charge in [0.2, 0.25) is 0 Å². The summed E-state index contributed by atoms with van der Waals surface area (Å²) in [5.74, 6) is -1.52. The summed E-state index contributed by atoms with van der Waals surface area (Å²) in [5, 5.41) is 8.62. The number of aliphatic carboxylic acids is 1. The van der Waals surface area contributed by atoms with Crippen molar-refractivity contribution in [2.75, 3.05) is 5.75 Å². The second-order valence-electron chi connectivity index (χ2n) is 4.00. The zero-order valence-electron chi connectivity index (χ0n) is 9.86. The Kier molecular flexibility index (Phi) is 4.66. The highest BCUT2D eigenvalue weighted by Crippen LogP contribution is 2.27. The number of rotatable bonds is 5. The fourth-order valence-electron chi connectivity index (χ4n) is 1.41. The van der Waals surface area contributed by atoms with Crippen molar-refractivity contribution >= 4 is 17.7 Å². The molecule has 0 aliphatic carbocycles. The first-order valence-corrected chi connectivity index (χ1v) is 6.16. The molecule has 0 fully saturated rings. The molecule has 0 aliphatic rings. The highest BCUT2D eigenvalue weighted by Gasteiger charge is 2.31. The maximum Gasteiger partial charge on any atom is 0.406 e. The van der Waals surface area contributed by atoms with Crippen LogP contribution in [0.3, 0.4) is 0 Å². The molecule has 0 saturated carbocycles. The van der Waals surface area contributed by atoms with Gasteiger partial charge in [-0.2, -0.15) is 13.2 Å². The fraction of sp³-hybridized carbons (Fsp3) is 0.600. The fourth-order valence-corrected chi connectivity index (χ4v) is 2.12. The van der Waals surface area contributed by atoms with Gasteiger partial charge in [0.05, 0.1) is 5.75 Å². The van der Waals surface area contributed by atoms with E-state index in [9.17, 15) is 18.0 Å². The molecule has 102 valence electrons. The zero-order chi connectivity index (χ0) is 13.9. The van der Waals surface area contributed by atoms with Crippen LogP contribution in [-0.4, -0.2) is 32.6 Å². The van der Waals surface area contributed by atoms with Crippen LogP contribution in [0.5, 0.6) is 0 Å². The number of carboxylic acid groups (broad SMARTS) is 1. The average Bonchev–Trinajstić information content (AvgIpc) is 2.55. The van der Waals surface area contributed by atoms with E-state index in [-0.39, 0.29) is 16.8 Å². The van der Waals surface area contributed by atoms with Crippen molar-refractivity contribution in [3.05, 3.63) is 11.9 Å². The predicted octanol–water partition coefficient (Wildman–Crippen LogP) is 2.75. The van der Waals surface area contributed by atoms with Crippen LogP contribution in [0.2, 0.25) is 0 Å². The van der Waals surface area contributed by atoms with E-state index >= 15 is 0 Å². The lowest BCUT2D eigenvalue weighted by molar-refractivity contribution is -0.142. The topological polar surface area (TPSA) is 55.1 Å². The number of halogens is 3. The number of carboxylic acids is 1. The van der Waals surface area contributed by atoms with E-state index in [2.05, 4.69) is 4.98 Å². The molecule has 0 radical (unpaired) electrons. The molecule has 18 heavy (non-hydrogen) atoms. The number of thioether (sulfide) groups is 1. The summed E-state index contributed by atoms with van der Waals surface area (Å²) in [6.45, 7) is 2.37. The highest BCUT2D eigenvalue weighted by molar-refractivity contribution is 7.99. The summed E-state index contributed by atoms with van der Waals surface area (Å²) < 4.78 is 38.4. The summed E-state index contributed by atoms with van der Waals surface area (Å²) in [6, 6.07) is 0. The van der Waals surface area contributed by atoms with E-state index in [0.29, 0.717) is 5.69 Å². The maximum absolute atomic E-state index is 12.5. The largest absolute Gasteiger partial charge is 0.481 e. The van der Waals surface area contributed by atoms with Gasteiger partial charge in [-0.1, -0.05) is 25.6 Å². The minimum absolute atomic E-state index is 0.0819. The summed E-state index contributed by atoms with van der Waals surface area (Å²) in [5.41, 5.74) is 0.445. The molecular formula is C10H13F3N2O2S. The van der Waals surface area contributed by atoms with E-state index in [4.69, 9.17) is 5.11 Å². The van der Waals surface area contributed by atoms with Gasteiger partial charge in [-0.25, -0.2) is 4.98 Å². The van der Waals surface area contributed by atoms with E-state index in [1.807, 2.05) is 0 Å². The van der Waals surface area contributed by atoms with E-state index < -0.39 is 18.7 Å². The average molecular weight is 282 g/mol. The van der Waals surface area contributed by atoms with Crippen LogP contribution >= 0.6 is 11.8 Å². The van der Waals surface area contributed by atoms with E-state index in [1.165, 1.54) is 6.20 Å². The molecule has 1 heterocycles. The van der Waals surface area contributed by atoms with Gasteiger partial charge in [-0.3, -0.25) is 4.79 Å². The third-order valence-electron chi connectivity index (χ3n) is 2.10. The Labute approximate surface area is 106 Å². The number of hydrogen-bond acceptors (Lipinski definition) is 3. The molecule has 0 atom stereocenters. The van der Waals surface area contributed by atoms with Crippen LogP contribution < -0.4 is 0 Å². The first-order chi connectivity index (χ1) is 8.20. The quantitative estimate of drug-likeness (QED) is 0.844. The van der Waals surface area contributed by atoms with Gasteiger partial charge in [0, 0.05) is 11.9 Å². The molecule has 0 unspecified atom stereocenters. The lowest BCUT2D eigenvalue weighted by Gasteiger charge is -2.15. The lowest BCUT2D eigenvalue weighted by Crippen LogP contribution is -2.20. The minimum Gasteiger partial charge on any atom is -0.481 e. The molecule has 1 N–H and O–H groups in total. The lowest BCUT2D eigenvalue weighted by atomic mass is 10.1. The standard InChI is InChI=1S/C10H13F3N2O2S/c1-6(2)7-3-14-9(18-4-8(16)17)15(7)5-10(11,12)13/h3,6H,4-5H2,1-2H3,(H,16,17). The second-order valence-corrected chi connectivity index (χ2v) is 4.95. The van der Waals surface area contributed by atoms with Crippen LogP contribution in [0.1, 0.15) is 25.5 Å². The summed E-state index contributed by atoms with van der Waals surface area (Å²) >= 11 is 0.786. The molecule has 1 aromatic rings. The predicted molar refractivity (Wildman–Crippen MR) is 60.7 cm³/mol. The van der Waals surface area contributed by atoms with Crippen molar-refractivity contribution in [2.24, 2.45) is 0 Å². The molecule has 1 aromatic heterocycles. The molecule has 0 amide bonds. The minimum atomic E-state index is -4.36. The van der Waals surface area contributed by atoms with Crippen LogP contribution in [0, 0.1) is 0 Å². The molecule has 0 saturated heterocycles. The Morgan fingerprint density at radius 2 is 2.17 bits per heavy atom. The number of hydrogen-bond donors (Lipinski definition) is 1. The smallest absolute Gasteiger partial charge is 0.406 e. The van der Waals surface area contributed by atoms with Crippen molar-refractivity contribution in [1.29, 1.82) is 0 Å². The summed E-state index contributed by atoms with van der Waals surface area (Å²) in [7, 11) is 0. The van der Waals surface area contributed by atoms with E-state index in [0.717, 1.165) is 16.3 Å². The van der Waals surface area contributed by atoms with Crippen LogP contribution in [0.4, 0.5) is 13.2 Å². The highest BCUT2D eigenvalue weighted by atomic mass is 32.2. The van der Waals surface area contributed by atoms with Crippen molar-refractivity contribution in [2.45, 2.75) is 37.6 Å². The third kappa shape index (κ3) is 4.25. The molecule has 0 aliphatic heterocycles. The molecule has 1 rings (SSSR count). The molecule has 4 nitrogen and oxygen atoms in total. The van der Waals surface area contributed by atoms with Crippen molar-refractivity contribution in [3.63, 3.8) is 0 Å². The van der Waals surface area contributed by atoms with Crippen LogP contribution in [0.25, 0.3) is 0 Å². The number of carbonyl (C=O) groups is 1. The van der Waals surface area contributed by atoms with Crippen molar-refractivity contribution in [1.82, 2.24) is 9.55 Å². The Bertz CT molecular complexity index is 429. The van der Waals surface area contributed by atoms with Gasteiger partial charge in [0.25, 0.3) is 0 Å². The number of aromatic nitrogens is 2. The number of alkyl halides is 3. The normalized spacial score (nSPS) is 12.1. The Balaban J connectivity index is 2.99. The number of nitrogens with zero attached hydrogens (tertiary/aromatic N) is 2. The van der Waals surface area contributed by atoms with Gasteiger partial charge in [-0.15, -0.1) is 0 Å². The Morgan fingerprint density at radius 3 is 2.61 bits per heavy atom. The number of imidazole rings is 1. The summed E-state index contributed by atoms with van der Waals surface area (Å²) in [6.07, 6.45) is -3.00. The third-order valence-corrected chi connectivity index (χ3v) is 3.08. The van der Waals surface area contributed by atoms with Gasteiger partial charge in [0.1, 0.15) is 6.54 Å². The first-order valence-electron chi connectivity index (χ1n) is 5.17. The van der Waals surface area contributed by atoms with Crippen molar-refractivity contribution < 1.29 is 23.1 Å². The molecule has 0 aromatic carbocycles. The van der Waals surface area contributed by atoms with Crippen LogP contribution in [-0.2, 0) is 11.3 Å². The molecule has 8 heteroatoms. The first kappa shape index (κ1) is 14.9. The van der Waals surface area contributed by atoms with Crippen LogP contribution in [0.15, 0.2) is 11.4 Å². The molecular weight excluding hydrogens is 269 g/mol. The Hall–Kier alpha value is -1.18. The van der Waals surface area contributed by atoms with Gasteiger partial charge in [-0.05, 0) is 5.92 Å². The monoisotopic (exact) mass is 282 g/mol. The second kappa shape index (κ2) is 5.64. The summed E-state index contributed by atoms with van der Waals surface area (Å²) in [4.78, 5) is 14.3. The molecule has 0 spiro atoms. The van der Waals surface area contributed by atoms with Crippen molar-refractivity contribution in [3.8, 4) is 0 Å². The maximum atomic E-state index is 12.5. The SMILES string of the molecule is CC(C)c1cnc(SCC(=O)O)n1CC(F)(F)F. The zero-order valence-corrected chi connectivity index (χ0v) is 10.7.